The Balaban J connectivity index is 0.00000372. The number of ketones is 1. The second kappa shape index (κ2) is 11.1. The van der Waals surface area contributed by atoms with Crippen molar-refractivity contribution < 1.29 is 29.2 Å². The quantitative estimate of drug-likeness (QED) is 0.136. The van der Waals surface area contributed by atoms with E-state index in [2.05, 4.69) is 22.9 Å². The van der Waals surface area contributed by atoms with Gasteiger partial charge in [0.05, 0.1) is 29.9 Å². The number of ether oxygens (including phenoxy) is 1. The van der Waals surface area contributed by atoms with Crippen molar-refractivity contribution in [3.8, 4) is 0 Å². The first-order valence-electron chi connectivity index (χ1n) is 14.3. The molecule has 3 aromatic rings. The third-order valence-corrected chi connectivity index (χ3v) is 8.80. The summed E-state index contributed by atoms with van der Waals surface area (Å²) in [6.45, 7) is 15.6. The summed E-state index contributed by atoms with van der Waals surface area (Å²) in [5, 5.41) is 10.2. The minimum Gasteiger partial charge on any atom is -0.657 e. The molecule has 7 rings (SSSR count). The van der Waals surface area contributed by atoms with Gasteiger partial charge in [-0.05, 0) is 55.5 Å². The van der Waals surface area contributed by atoms with Crippen LogP contribution in [0, 0.1) is 13.8 Å². The van der Waals surface area contributed by atoms with Gasteiger partial charge in [0, 0.05) is 17.2 Å². The number of allylic oxidation sites excluding steroid dienone is 5. The number of hydrogen-bond acceptors (Lipinski definition) is 8. The topological polar surface area (TPSA) is 143 Å². The summed E-state index contributed by atoms with van der Waals surface area (Å²) in [4.78, 5) is 56.3. The third-order valence-electron chi connectivity index (χ3n) is 8.80. The molecule has 11 heteroatoms. The van der Waals surface area contributed by atoms with E-state index in [1.807, 2.05) is 39.0 Å². The van der Waals surface area contributed by atoms with Gasteiger partial charge in [0.1, 0.15) is 5.92 Å². The van der Waals surface area contributed by atoms with E-state index in [0.29, 0.717) is 67.2 Å². The Labute approximate surface area is 280 Å². The van der Waals surface area contributed by atoms with Crippen LogP contribution in [0.3, 0.4) is 0 Å². The number of aryl methyl sites for hydroxylation is 2. The van der Waals surface area contributed by atoms with E-state index in [0.717, 1.165) is 27.8 Å². The van der Waals surface area contributed by atoms with Crippen LogP contribution in [0.4, 0.5) is 0 Å². The maximum atomic E-state index is 14.0. The fourth-order valence-corrected chi connectivity index (χ4v) is 6.24. The van der Waals surface area contributed by atoms with Crippen LogP contribution >= 0.6 is 0 Å². The monoisotopic (exact) mass is 624 g/mol. The van der Waals surface area contributed by atoms with Crippen LogP contribution in [0.15, 0.2) is 43.5 Å². The van der Waals surface area contributed by atoms with Crippen LogP contribution in [-0.4, -0.2) is 63.0 Å². The van der Waals surface area contributed by atoms with Gasteiger partial charge in [-0.25, -0.2) is 9.97 Å². The molecule has 1 aliphatic carbocycles. The van der Waals surface area contributed by atoms with Crippen LogP contribution < -0.4 is 9.97 Å². The Morgan fingerprint density at radius 2 is 1.57 bits per heavy atom. The average Bonchev–Trinajstić information content (AvgIpc) is 3.23. The number of Topliss-reactive ketones (excluding diaryl/α,β-unsaturated/α-hetero) is 1. The summed E-state index contributed by atoms with van der Waals surface area (Å²) >= 11 is 0. The van der Waals surface area contributed by atoms with E-state index in [1.54, 1.807) is 25.2 Å². The van der Waals surface area contributed by atoms with Crippen LogP contribution in [0.1, 0.15) is 70.4 Å². The Bertz CT molecular complexity index is 2200. The van der Waals surface area contributed by atoms with Crippen LogP contribution in [0.5, 0.6) is 0 Å². The summed E-state index contributed by atoms with van der Waals surface area (Å²) in [6, 6.07) is 5.60. The molecule has 1 fully saturated rings. The fourth-order valence-electron chi connectivity index (χ4n) is 6.24. The fraction of sp³-hybridized carbons (Fsp3) is 0.200. The predicted molar refractivity (Wildman–Crippen MR) is 175 cm³/mol. The number of aromatic nitrogens is 4. The number of hydrogen-bond donors (Lipinski definition) is 1. The second-order valence-electron chi connectivity index (χ2n) is 11.3. The van der Waals surface area contributed by atoms with E-state index in [4.69, 9.17) is 24.7 Å². The molecule has 10 nitrogen and oxygen atoms in total. The molecule has 6 heterocycles. The predicted octanol–water partition coefficient (Wildman–Crippen LogP) is 4.96. The minimum absolute atomic E-state index is 0. The second-order valence-corrected chi connectivity index (χ2v) is 11.3. The molecule has 1 atom stereocenters. The normalized spacial score (nSPS) is 17.9. The summed E-state index contributed by atoms with van der Waals surface area (Å²) in [7, 11) is 1.24. The molecule has 0 radical (unpaired) electrons. The molecule has 0 saturated carbocycles. The van der Waals surface area contributed by atoms with E-state index >= 15 is 0 Å². The van der Waals surface area contributed by atoms with Crippen molar-refractivity contribution in [1.82, 2.24) is 19.9 Å². The van der Waals surface area contributed by atoms with E-state index in [9.17, 15) is 14.7 Å². The summed E-state index contributed by atoms with van der Waals surface area (Å²) in [6.07, 6.45) is 6.43. The van der Waals surface area contributed by atoms with Gasteiger partial charge in [0.15, 0.2) is 5.78 Å². The van der Waals surface area contributed by atoms with E-state index < -0.39 is 23.6 Å². The molecule has 3 aliphatic heterocycles. The van der Waals surface area contributed by atoms with Gasteiger partial charge in [0.2, 0.25) is 0 Å². The average molecular weight is 625 g/mol. The molecule has 8 bridgehead atoms. The molecule has 1 saturated heterocycles. The number of nitrogens with zero attached hydrogens (tertiary/aromatic N) is 4. The first kappa shape index (κ1) is 31.6. The Morgan fingerprint density at radius 3 is 2.22 bits per heavy atom. The first-order valence-corrected chi connectivity index (χ1v) is 14.3. The smallest absolute Gasteiger partial charge is 0.657 e. The molecular formula is C35H28MgN4O6. The Kier molecular flexibility index (Phi) is 7.65. The number of aliphatic hydroxyl groups is 1. The standard InChI is InChI=1S/C35H29N4O6.Mg/c1-8-19-15(3)22-12-24-17(5)21(10-11-35(42)44-45-35)31(38-24)29-30(34(41)43-7)33(40)28-18(6)25(39-32(28)29)14-27-20(9-2)16(4)23(37-27)13-26(19)36-22;/h8-14,30,42H,1-2H2,3-7H3,(H-,36,37,38,39,40);/q-1;+2/p-1/b11-10+,22-12?,23-13?,24-12?,25-14?,26-13?,27-14?,31-29?;/t30-;/m1./s1. The molecule has 0 spiro atoms. The van der Waals surface area contributed by atoms with Crippen molar-refractivity contribution in [3.05, 3.63) is 94.1 Å². The molecule has 0 amide bonds. The SMILES string of the molecule is C=CC1=C(C)c2cc3[n-]c(c(/C=C/C4(O)OO4)c3C)c3c4nc(cc5[n-]c(cc1n2)c(C)c5C=C)C(C)=C4C(=O)[C@@H]3C(=O)OC.[Mg+2]. The Hall–Kier alpha value is -4.39. The van der Waals surface area contributed by atoms with Crippen molar-refractivity contribution in [2.24, 2.45) is 0 Å². The van der Waals surface area contributed by atoms with Crippen LogP contribution in [-0.2, 0) is 24.1 Å². The number of rotatable bonds is 5. The van der Waals surface area contributed by atoms with Gasteiger partial charge >= 0.3 is 35.0 Å². The molecule has 4 aliphatic rings. The molecule has 0 unspecified atom stereocenters. The number of carbonyl (C=O) groups excluding carboxylic acids is 2. The van der Waals surface area contributed by atoms with Gasteiger partial charge in [0.25, 0.3) is 0 Å². The van der Waals surface area contributed by atoms with Crippen molar-refractivity contribution >= 4 is 91.3 Å². The number of esters is 1. The van der Waals surface area contributed by atoms with Crippen molar-refractivity contribution in [2.75, 3.05) is 7.11 Å². The third kappa shape index (κ3) is 4.66. The number of carbonyl (C=O) groups is 2. The molecule has 46 heavy (non-hydrogen) atoms. The van der Waals surface area contributed by atoms with Gasteiger partial charge in [-0.15, -0.1) is 22.1 Å². The molecule has 0 aromatic carbocycles. The van der Waals surface area contributed by atoms with Gasteiger partial charge in [-0.2, -0.15) is 9.78 Å². The number of fused-ring (bicyclic) bond motifs is 8. The maximum absolute atomic E-state index is 14.0. The summed E-state index contributed by atoms with van der Waals surface area (Å²) in [5.74, 6) is -4.31. The zero-order chi connectivity index (χ0) is 31.9. The van der Waals surface area contributed by atoms with E-state index in [1.165, 1.54) is 13.2 Å². The van der Waals surface area contributed by atoms with E-state index in [-0.39, 0.29) is 23.1 Å². The molecule has 3 aromatic heterocycles. The minimum atomic E-state index is -1.87. The van der Waals surface area contributed by atoms with Crippen molar-refractivity contribution in [2.45, 2.75) is 39.6 Å². The molecule has 226 valence electrons. The van der Waals surface area contributed by atoms with Gasteiger partial charge in [-0.3, -0.25) is 9.59 Å². The largest absolute Gasteiger partial charge is 2.00 e. The van der Waals surface area contributed by atoms with Crippen LogP contribution in [0.25, 0.3) is 56.5 Å². The van der Waals surface area contributed by atoms with Crippen molar-refractivity contribution in [1.29, 1.82) is 0 Å². The Morgan fingerprint density at radius 1 is 0.935 bits per heavy atom. The first-order chi connectivity index (χ1) is 21.5. The molecule has 1 N–H and O–H groups in total. The summed E-state index contributed by atoms with van der Waals surface area (Å²) in [5.41, 5.74) is 10.5. The van der Waals surface area contributed by atoms with Crippen molar-refractivity contribution in [3.63, 3.8) is 0 Å². The summed E-state index contributed by atoms with van der Waals surface area (Å²) < 4.78 is 5.11. The zero-order valence-corrected chi connectivity index (χ0v) is 27.4. The number of methoxy groups -OCH3 is 1. The van der Waals surface area contributed by atoms with Gasteiger partial charge in [-0.1, -0.05) is 60.7 Å². The molecular weight excluding hydrogens is 597 g/mol. The van der Waals surface area contributed by atoms with Crippen LogP contribution in [0.2, 0.25) is 0 Å². The van der Waals surface area contributed by atoms with Gasteiger partial charge < -0.3 is 19.8 Å². The maximum Gasteiger partial charge on any atom is 2.00 e. The zero-order valence-electron chi connectivity index (χ0n) is 26.0.